The maximum Gasteiger partial charge on any atom is 0.168 e. The van der Waals surface area contributed by atoms with E-state index in [-0.39, 0.29) is 16.4 Å². The largest absolute Gasteiger partial charge is 0.359 e. The molecule has 0 aliphatic heterocycles. The van der Waals surface area contributed by atoms with Gasteiger partial charge in [-0.15, -0.1) is 0 Å². The van der Waals surface area contributed by atoms with Crippen LogP contribution in [0.2, 0.25) is 0 Å². The Hall–Kier alpha value is -1.70. The lowest BCUT2D eigenvalue weighted by atomic mass is 9.83. The molecule has 1 aromatic carbocycles. The first-order valence-corrected chi connectivity index (χ1v) is 4.94. The van der Waals surface area contributed by atoms with E-state index >= 15 is 0 Å². The van der Waals surface area contributed by atoms with Gasteiger partial charge >= 0.3 is 0 Å². The summed E-state index contributed by atoms with van der Waals surface area (Å²) in [7, 11) is 11.4. The number of hydrogen-bond acceptors (Lipinski definition) is 1. The first kappa shape index (κ1) is 10.8. The lowest BCUT2D eigenvalue weighted by Crippen LogP contribution is -2.42. The predicted molar refractivity (Wildman–Crippen MR) is 68.0 cm³/mol. The van der Waals surface area contributed by atoms with Gasteiger partial charge in [0.15, 0.2) is 5.43 Å². The molecule has 0 saturated carbocycles. The topological polar surface area (TPSA) is 32.9 Å². The van der Waals surface area contributed by atoms with Crippen LogP contribution in [0.25, 0.3) is 11.3 Å². The fourth-order valence-corrected chi connectivity index (χ4v) is 1.58. The second-order valence-corrected chi connectivity index (χ2v) is 3.65. The molecule has 0 bridgehead atoms. The Morgan fingerprint density at radius 1 is 1.06 bits per heavy atom. The van der Waals surface area contributed by atoms with E-state index in [4.69, 9.17) is 15.7 Å². The van der Waals surface area contributed by atoms with Crippen LogP contribution in [-0.4, -0.2) is 20.7 Å². The van der Waals surface area contributed by atoms with E-state index in [1.54, 1.807) is 6.92 Å². The summed E-state index contributed by atoms with van der Waals surface area (Å²) in [4.78, 5) is 14.8. The molecule has 2 rings (SSSR count). The molecule has 0 aliphatic rings. The van der Waals surface area contributed by atoms with Gasteiger partial charge in [0.2, 0.25) is 0 Å². The summed E-state index contributed by atoms with van der Waals surface area (Å²) in [5.74, 6) is 0. The SMILES string of the molecule is [B]c1c(C)[nH]c(-c2ccccc2)c([B])c1=O. The number of rotatable bonds is 1. The van der Waals surface area contributed by atoms with Crippen molar-refractivity contribution in [1.29, 1.82) is 0 Å². The molecular weight excluding hydrogens is 196 g/mol. The average molecular weight is 205 g/mol. The zero-order chi connectivity index (χ0) is 11.7. The number of aryl methyl sites for hydroxylation is 1. The van der Waals surface area contributed by atoms with Crippen molar-refractivity contribution in [3.63, 3.8) is 0 Å². The first-order chi connectivity index (χ1) is 7.61. The van der Waals surface area contributed by atoms with Crippen LogP contribution >= 0.6 is 0 Å². The van der Waals surface area contributed by atoms with Crippen LogP contribution in [0, 0.1) is 6.92 Å². The molecular formula is C12H9B2NO. The molecule has 4 radical (unpaired) electrons. The third-order valence-electron chi connectivity index (χ3n) is 2.54. The van der Waals surface area contributed by atoms with Gasteiger partial charge in [0, 0.05) is 11.4 Å². The van der Waals surface area contributed by atoms with Gasteiger partial charge < -0.3 is 4.98 Å². The molecule has 1 heterocycles. The quantitative estimate of drug-likeness (QED) is 0.649. The lowest BCUT2D eigenvalue weighted by Gasteiger charge is -2.10. The van der Waals surface area contributed by atoms with Crippen LogP contribution in [0.3, 0.4) is 0 Å². The molecule has 1 aromatic heterocycles. The Labute approximate surface area is 96.5 Å². The van der Waals surface area contributed by atoms with Crippen LogP contribution in [0.1, 0.15) is 5.69 Å². The van der Waals surface area contributed by atoms with E-state index in [0.29, 0.717) is 11.4 Å². The number of aromatic amines is 1. The zero-order valence-electron chi connectivity index (χ0n) is 8.95. The molecule has 0 spiro atoms. The van der Waals surface area contributed by atoms with E-state index in [1.165, 1.54) is 0 Å². The third kappa shape index (κ3) is 1.71. The minimum Gasteiger partial charge on any atom is -0.359 e. The van der Waals surface area contributed by atoms with Crippen LogP contribution in [0.4, 0.5) is 0 Å². The maximum absolute atomic E-state index is 11.7. The van der Waals surface area contributed by atoms with Crippen LogP contribution in [0.5, 0.6) is 0 Å². The minimum absolute atomic E-state index is 0.161. The van der Waals surface area contributed by atoms with Gasteiger partial charge in [-0.1, -0.05) is 30.3 Å². The second kappa shape index (κ2) is 4.05. The molecule has 0 fully saturated rings. The summed E-state index contributed by atoms with van der Waals surface area (Å²) in [6.07, 6.45) is 0. The molecule has 74 valence electrons. The molecule has 2 aromatic rings. The van der Waals surface area contributed by atoms with Gasteiger partial charge in [-0.05, 0) is 23.4 Å². The van der Waals surface area contributed by atoms with E-state index < -0.39 is 0 Å². The van der Waals surface area contributed by atoms with Crippen LogP contribution in [-0.2, 0) is 0 Å². The van der Waals surface area contributed by atoms with Crippen molar-refractivity contribution in [3.05, 3.63) is 46.2 Å². The maximum atomic E-state index is 11.7. The van der Waals surface area contributed by atoms with Gasteiger partial charge in [0.05, 0.1) is 0 Å². The molecule has 16 heavy (non-hydrogen) atoms. The first-order valence-electron chi connectivity index (χ1n) is 4.94. The van der Waals surface area contributed by atoms with Gasteiger partial charge in [-0.3, -0.25) is 4.79 Å². The van der Waals surface area contributed by atoms with E-state index in [1.807, 2.05) is 30.3 Å². The summed E-state index contributed by atoms with van der Waals surface area (Å²) in [6.45, 7) is 1.75. The van der Waals surface area contributed by atoms with E-state index in [9.17, 15) is 4.79 Å². The summed E-state index contributed by atoms with van der Waals surface area (Å²) in [5.41, 5.74) is 2.16. The van der Waals surface area contributed by atoms with Gasteiger partial charge in [-0.25, -0.2) is 0 Å². The lowest BCUT2D eigenvalue weighted by molar-refractivity contribution is 1.23. The Morgan fingerprint density at radius 2 is 1.69 bits per heavy atom. The van der Waals surface area contributed by atoms with E-state index in [0.717, 1.165) is 5.56 Å². The van der Waals surface area contributed by atoms with Crippen LogP contribution < -0.4 is 16.4 Å². The molecule has 1 N–H and O–H groups in total. The Balaban J connectivity index is 2.73. The third-order valence-corrected chi connectivity index (χ3v) is 2.54. The van der Waals surface area contributed by atoms with Crippen molar-refractivity contribution >= 4 is 26.6 Å². The molecule has 0 saturated heterocycles. The highest BCUT2D eigenvalue weighted by Crippen LogP contribution is 2.12. The number of pyridine rings is 1. The number of nitrogens with one attached hydrogen (secondary N) is 1. The monoisotopic (exact) mass is 205 g/mol. The smallest absolute Gasteiger partial charge is 0.168 e. The highest BCUT2D eigenvalue weighted by Gasteiger charge is 2.08. The average Bonchev–Trinajstić information content (AvgIpc) is 2.32. The van der Waals surface area contributed by atoms with Crippen molar-refractivity contribution in [2.24, 2.45) is 0 Å². The normalized spacial score (nSPS) is 10.3. The Bertz CT molecular complexity index is 576. The second-order valence-electron chi connectivity index (χ2n) is 3.65. The van der Waals surface area contributed by atoms with Crippen molar-refractivity contribution in [2.75, 3.05) is 0 Å². The van der Waals surface area contributed by atoms with Gasteiger partial charge in [0.1, 0.15) is 15.7 Å². The fourth-order valence-electron chi connectivity index (χ4n) is 1.58. The molecule has 4 heteroatoms. The zero-order valence-corrected chi connectivity index (χ0v) is 8.95. The predicted octanol–water partition coefficient (Wildman–Crippen LogP) is -0.0621. The van der Waals surface area contributed by atoms with Gasteiger partial charge in [0.25, 0.3) is 0 Å². The minimum atomic E-state index is -0.310. The number of benzene rings is 1. The molecule has 2 nitrogen and oxygen atoms in total. The summed E-state index contributed by atoms with van der Waals surface area (Å²) < 4.78 is 0. The molecule has 0 amide bonds. The highest BCUT2D eigenvalue weighted by molar-refractivity contribution is 6.39. The highest BCUT2D eigenvalue weighted by atomic mass is 16.1. The number of hydrogen-bond donors (Lipinski definition) is 1. The van der Waals surface area contributed by atoms with Crippen molar-refractivity contribution < 1.29 is 0 Å². The Morgan fingerprint density at radius 3 is 2.31 bits per heavy atom. The summed E-state index contributed by atoms with van der Waals surface area (Å²) in [6, 6.07) is 9.45. The van der Waals surface area contributed by atoms with Crippen molar-refractivity contribution in [2.45, 2.75) is 6.92 Å². The van der Waals surface area contributed by atoms with Crippen molar-refractivity contribution in [1.82, 2.24) is 4.98 Å². The van der Waals surface area contributed by atoms with Crippen molar-refractivity contribution in [3.8, 4) is 11.3 Å². The Kier molecular flexibility index (Phi) is 2.73. The molecule has 0 unspecified atom stereocenters. The summed E-state index contributed by atoms with van der Waals surface area (Å²) >= 11 is 0. The fraction of sp³-hybridized carbons (Fsp3) is 0.0833. The number of H-pyrrole nitrogens is 1. The molecule has 0 aliphatic carbocycles. The standard InChI is InChI=1S/C12H9B2NO/c1-7-9(13)12(16)10(14)11(15-7)8-5-3-2-4-6-8/h2-6H,1H3,(H,15,16). The summed E-state index contributed by atoms with van der Waals surface area (Å²) in [5, 5.41) is 0. The van der Waals surface area contributed by atoms with Gasteiger partial charge in [-0.2, -0.15) is 0 Å². The molecule has 0 atom stereocenters. The number of aromatic nitrogens is 1. The van der Waals surface area contributed by atoms with Crippen LogP contribution in [0.15, 0.2) is 35.1 Å². The van der Waals surface area contributed by atoms with E-state index in [2.05, 4.69) is 4.98 Å².